The molecule has 0 atom stereocenters. The smallest absolute Gasteiger partial charge is 0.335 e. The molecule has 0 aromatic heterocycles. The van der Waals surface area contributed by atoms with Gasteiger partial charge in [-0.3, -0.25) is 0 Å². The van der Waals surface area contributed by atoms with Gasteiger partial charge in [0, 0.05) is 19.3 Å². The molecule has 2 N–H and O–H groups in total. The zero-order chi connectivity index (χ0) is 13.7. The number of carbonyl (C=O) groups is 2. The van der Waals surface area contributed by atoms with E-state index in [-0.39, 0.29) is 11.6 Å². The molecule has 0 saturated heterocycles. The molecule has 18 heavy (non-hydrogen) atoms. The molecule has 0 saturated carbocycles. The minimum Gasteiger partial charge on any atom is -0.478 e. The molecule has 1 aromatic carbocycles. The fourth-order valence-electron chi connectivity index (χ4n) is 1.55. The van der Waals surface area contributed by atoms with E-state index in [0.29, 0.717) is 18.2 Å². The molecule has 98 valence electrons. The van der Waals surface area contributed by atoms with E-state index in [2.05, 4.69) is 5.32 Å². The number of nitrogens with zero attached hydrogens (tertiary/aromatic N) is 1. The van der Waals surface area contributed by atoms with Crippen LogP contribution in [0.3, 0.4) is 0 Å². The number of amides is 2. The first kappa shape index (κ1) is 14.0. The fourth-order valence-corrected chi connectivity index (χ4v) is 1.55. The van der Waals surface area contributed by atoms with Crippen molar-refractivity contribution in [2.45, 2.75) is 13.8 Å². The highest BCUT2D eigenvalue weighted by atomic mass is 16.4. The molecule has 0 unspecified atom stereocenters. The maximum absolute atomic E-state index is 11.8. The highest BCUT2D eigenvalue weighted by Crippen LogP contribution is 2.10. The SMILES string of the molecule is CC(C)CN(C)C(=O)Nc1ccc(C(=O)O)cc1. The van der Waals surface area contributed by atoms with Gasteiger partial charge in [-0.25, -0.2) is 9.59 Å². The molecule has 1 aromatic rings. The third-order valence-electron chi connectivity index (χ3n) is 2.37. The Morgan fingerprint density at radius 1 is 1.28 bits per heavy atom. The van der Waals surface area contributed by atoms with E-state index >= 15 is 0 Å². The van der Waals surface area contributed by atoms with Gasteiger partial charge in [-0.05, 0) is 30.2 Å². The topological polar surface area (TPSA) is 69.6 Å². The first-order valence-electron chi connectivity index (χ1n) is 5.75. The molecule has 0 fully saturated rings. The first-order valence-corrected chi connectivity index (χ1v) is 5.75. The Bertz CT molecular complexity index is 426. The van der Waals surface area contributed by atoms with Crippen LogP contribution in [0.2, 0.25) is 0 Å². The number of anilines is 1. The van der Waals surface area contributed by atoms with Gasteiger partial charge in [0.1, 0.15) is 0 Å². The highest BCUT2D eigenvalue weighted by Gasteiger charge is 2.10. The van der Waals surface area contributed by atoms with Crippen LogP contribution < -0.4 is 5.32 Å². The van der Waals surface area contributed by atoms with E-state index in [1.165, 1.54) is 12.1 Å². The largest absolute Gasteiger partial charge is 0.478 e. The number of hydrogen-bond acceptors (Lipinski definition) is 2. The second-order valence-electron chi connectivity index (χ2n) is 4.59. The van der Waals surface area contributed by atoms with Gasteiger partial charge in [-0.2, -0.15) is 0 Å². The number of carboxylic acid groups (broad SMARTS) is 1. The zero-order valence-corrected chi connectivity index (χ0v) is 10.8. The van der Waals surface area contributed by atoms with E-state index < -0.39 is 5.97 Å². The van der Waals surface area contributed by atoms with Crippen molar-refractivity contribution >= 4 is 17.7 Å². The summed E-state index contributed by atoms with van der Waals surface area (Å²) in [7, 11) is 1.72. The predicted molar refractivity (Wildman–Crippen MR) is 69.9 cm³/mol. The maximum atomic E-state index is 11.8. The molecular formula is C13H18N2O3. The number of nitrogens with one attached hydrogen (secondary N) is 1. The normalized spacial score (nSPS) is 10.2. The Morgan fingerprint density at radius 2 is 1.83 bits per heavy atom. The summed E-state index contributed by atoms with van der Waals surface area (Å²) in [4.78, 5) is 24.0. The Balaban J connectivity index is 2.62. The number of hydrogen-bond donors (Lipinski definition) is 2. The van der Waals surface area contributed by atoms with Gasteiger partial charge >= 0.3 is 12.0 Å². The van der Waals surface area contributed by atoms with Crippen LogP contribution >= 0.6 is 0 Å². The molecule has 5 nitrogen and oxygen atoms in total. The van der Waals surface area contributed by atoms with Crippen molar-refractivity contribution in [1.29, 1.82) is 0 Å². The van der Waals surface area contributed by atoms with Crippen LogP contribution in [0.15, 0.2) is 24.3 Å². The number of carbonyl (C=O) groups excluding carboxylic acids is 1. The lowest BCUT2D eigenvalue weighted by molar-refractivity contribution is 0.0697. The Labute approximate surface area is 106 Å². The lowest BCUT2D eigenvalue weighted by atomic mass is 10.2. The van der Waals surface area contributed by atoms with Crippen LogP contribution in [0.1, 0.15) is 24.2 Å². The van der Waals surface area contributed by atoms with Gasteiger partial charge in [0.25, 0.3) is 0 Å². The van der Waals surface area contributed by atoms with E-state index in [0.717, 1.165) is 0 Å². The maximum Gasteiger partial charge on any atom is 0.335 e. The Morgan fingerprint density at radius 3 is 2.28 bits per heavy atom. The minimum atomic E-state index is -0.982. The van der Waals surface area contributed by atoms with E-state index in [9.17, 15) is 9.59 Å². The van der Waals surface area contributed by atoms with Crippen molar-refractivity contribution in [2.75, 3.05) is 18.9 Å². The zero-order valence-electron chi connectivity index (χ0n) is 10.8. The van der Waals surface area contributed by atoms with Gasteiger partial charge in [-0.1, -0.05) is 13.8 Å². The van der Waals surface area contributed by atoms with Crippen molar-refractivity contribution in [1.82, 2.24) is 4.90 Å². The lowest BCUT2D eigenvalue weighted by Gasteiger charge is -2.19. The van der Waals surface area contributed by atoms with E-state index in [1.807, 2.05) is 13.8 Å². The second kappa shape index (κ2) is 6.05. The van der Waals surface area contributed by atoms with Crippen LogP contribution in [0.25, 0.3) is 0 Å². The molecular weight excluding hydrogens is 232 g/mol. The van der Waals surface area contributed by atoms with Crippen LogP contribution in [0.4, 0.5) is 10.5 Å². The van der Waals surface area contributed by atoms with E-state index in [4.69, 9.17) is 5.11 Å². The van der Waals surface area contributed by atoms with Gasteiger partial charge in [0.2, 0.25) is 0 Å². The number of carboxylic acids is 1. The second-order valence-corrected chi connectivity index (χ2v) is 4.59. The lowest BCUT2D eigenvalue weighted by Crippen LogP contribution is -2.34. The van der Waals surface area contributed by atoms with Crippen LogP contribution in [0.5, 0.6) is 0 Å². The molecule has 0 aliphatic rings. The Hall–Kier alpha value is -2.04. The summed E-state index contributed by atoms with van der Waals surface area (Å²) in [5.74, 6) is -0.583. The summed E-state index contributed by atoms with van der Waals surface area (Å²) < 4.78 is 0. The van der Waals surface area contributed by atoms with Gasteiger partial charge in [-0.15, -0.1) is 0 Å². The summed E-state index contributed by atoms with van der Waals surface area (Å²) in [5, 5.41) is 11.5. The predicted octanol–water partition coefficient (Wildman–Crippen LogP) is 2.50. The van der Waals surface area contributed by atoms with Gasteiger partial charge in [0.15, 0.2) is 0 Å². The van der Waals surface area contributed by atoms with E-state index in [1.54, 1.807) is 24.1 Å². The van der Waals surface area contributed by atoms with Crippen LogP contribution in [-0.2, 0) is 0 Å². The average Bonchev–Trinajstić information content (AvgIpc) is 2.28. The molecule has 0 aliphatic carbocycles. The number of urea groups is 1. The third kappa shape index (κ3) is 4.08. The summed E-state index contributed by atoms with van der Waals surface area (Å²) in [6, 6.07) is 5.86. The number of benzene rings is 1. The highest BCUT2D eigenvalue weighted by molar-refractivity contribution is 5.91. The Kier molecular flexibility index (Phi) is 4.71. The number of aromatic carboxylic acids is 1. The van der Waals surface area contributed by atoms with Gasteiger partial charge < -0.3 is 15.3 Å². The quantitative estimate of drug-likeness (QED) is 0.862. The summed E-state index contributed by atoms with van der Waals surface area (Å²) >= 11 is 0. The summed E-state index contributed by atoms with van der Waals surface area (Å²) in [5.41, 5.74) is 0.782. The minimum absolute atomic E-state index is 0.198. The number of rotatable bonds is 4. The summed E-state index contributed by atoms with van der Waals surface area (Å²) in [6.45, 7) is 4.73. The van der Waals surface area contributed by atoms with Crippen molar-refractivity contribution < 1.29 is 14.7 Å². The molecule has 0 aliphatic heterocycles. The average molecular weight is 250 g/mol. The monoisotopic (exact) mass is 250 g/mol. The molecule has 0 spiro atoms. The summed E-state index contributed by atoms with van der Waals surface area (Å²) in [6.07, 6.45) is 0. The molecule has 0 radical (unpaired) electrons. The van der Waals surface area contributed by atoms with Crippen molar-refractivity contribution in [3.8, 4) is 0 Å². The molecule has 1 rings (SSSR count). The molecule has 0 bridgehead atoms. The molecule has 2 amide bonds. The molecule has 5 heteroatoms. The molecule has 0 heterocycles. The van der Waals surface area contributed by atoms with Crippen molar-refractivity contribution in [3.05, 3.63) is 29.8 Å². The van der Waals surface area contributed by atoms with Crippen molar-refractivity contribution in [2.24, 2.45) is 5.92 Å². The van der Waals surface area contributed by atoms with Crippen molar-refractivity contribution in [3.63, 3.8) is 0 Å². The van der Waals surface area contributed by atoms with Crippen LogP contribution in [0, 0.1) is 5.92 Å². The van der Waals surface area contributed by atoms with Gasteiger partial charge in [0.05, 0.1) is 5.56 Å². The van der Waals surface area contributed by atoms with Crippen LogP contribution in [-0.4, -0.2) is 35.6 Å². The fraction of sp³-hybridized carbons (Fsp3) is 0.385. The first-order chi connectivity index (χ1) is 8.40. The standard InChI is InChI=1S/C13H18N2O3/c1-9(2)8-15(3)13(18)14-11-6-4-10(5-7-11)12(16)17/h4-7,9H,8H2,1-3H3,(H,14,18)(H,16,17). The third-order valence-corrected chi connectivity index (χ3v) is 2.37.